The van der Waals surface area contributed by atoms with Gasteiger partial charge in [-0.1, -0.05) is 23.7 Å². The van der Waals surface area contributed by atoms with Crippen LogP contribution in [0.4, 0.5) is 0 Å². The summed E-state index contributed by atoms with van der Waals surface area (Å²) < 4.78 is 5.14. The molecule has 2 N–H and O–H groups in total. The molecular formula is C14H23ClN2O. The lowest BCUT2D eigenvalue weighted by Crippen LogP contribution is -2.33. The predicted octanol–water partition coefficient (Wildman–Crippen LogP) is 2.66. The van der Waals surface area contributed by atoms with Crippen LogP contribution < -0.4 is 5.73 Å². The Kier molecular flexibility index (Phi) is 6.65. The van der Waals surface area contributed by atoms with E-state index in [9.17, 15) is 0 Å². The standard InChI is InChI=1S/C14H23ClN2O/c1-11(2)17(6-7-18-3)10-13-5-4-12(9-16)8-14(13)15/h4-5,8,11H,6-7,9-10,16H2,1-3H3. The summed E-state index contributed by atoms with van der Waals surface area (Å²) in [5.74, 6) is 0. The van der Waals surface area contributed by atoms with Gasteiger partial charge in [0, 0.05) is 37.8 Å². The molecule has 0 saturated heterocycles. The van der Waals surface area contributed by atoms with Gasteiger partial charge < -0.3 is 10.5 Å². The molecule has 3 nitrogen and oxygen atoms in total. The molecule has 0 radical (unpaired) electrons. The fourth-order valence-electron chi connectivity index (χ4n) is 1.79. The molecule has 0 aliphatic rings. The Morgan fingerprint density at radius 1 is 1.39 bits per heavy atom. The molecule has 0 aliphatic heterocycles. The molecule has 0 amide bonds. The Balaban J connectivity index is 2.74. The maximum Gasteiger partial charge on any atom is 0.0589 e. The number of nitrogens with zero attached hydrogens (tertiary/aromatic N) is 1. The predicted molar refractivity (Wildman–Crippen MR) is 76.8 cm³/mol. The molecule has 0 bridgehead atoms. The molecule has 0 spiro atoms. The van der Waals surface area contributed by atoms with E-state index in [2.05, 4.69) is 24.8 Å². The van der Waals surface area contributed by atoms with Crippen LogP contribution in [0.25, 0.3) is 0 Å². The van der Waals surface area contributed by atoms with Crippen molar-refractivity contribution in [1.29, 1.82) is 0 Å². The molecule has 0 aliphatic carbocycles. The number of hydrogen-bond donors (Lipinski definition) is 1. The van der Waals surface area contributed by atoms with Crippen molar-refractivity contribution in [2.24, 2.45) is 5.73 Å². The van der Waals surface area contributed by atoms with Crippen molar-refractivity contribution < 1.29 is 4.74 Å². The van der Waals surface area contributed by atoms with Gasteiger partial charge in [-0.25, -0.2) is 0 Å². The Hall–Kier alpha value is -0.610. The highest BCUT2D eigenvalue weighted by atomic mass is 35.5. The van der Waals surface area contributed by atoms with Crippen molar-refractivity contribution in [1.82, 2.24) is 4.90 Å². The largest absolute Gasteiger partial charge is 0.383 e. The van der Waals surface area contributed by atoms with Crippen molar-refractivity contribution >= 4 is 11.6 Å². The van der Waals surface area contributed by atoms with Crippen LogP contribution >= 0.6 is 11.6 Å². The molecule has 18 heavy (non-hydrogen) atoms. The van der Waals surface area contributed by atoms with E-state index < -0.39 is 0 Å². The van der Waals surface area contributed by atoms with E-state index in [1.54, 1.807) is 7.11 Å². The smallest absolute Gasteiger partial charge is 0.0589 e. The Morgan fingerprint density at radius 3 is 2.61 bits per heavy atom. The topological polar surface area (TPSA) is 38.5 Å². The highest BCUT2D eigenvalue weighted by Crippen LogP contribution is 2.20. The Bertz CT molecular complexity index is 369. The molecule has 0 heterocycles. The molecule has 0 unspecified atom stereocenters. The summed E-state index contributed by atoms with van der Waals surface area (Å²) in [6, 6.07) is 6.51. The maximum atomic E-state index is 6.28. The first kappa shape index (κ1) is 15.4. The molecule has 1 aromatic carbocycles. The highest BCUT2D eigenvalue weighted by molar-refractivity contribution is 6.31. The normalized spacial score (nSPS) is 11.5. The maximum absolute atomic E-state index is 6.28. The first-order valence-electron chi connectivity index (χ1n) is 6.28. The zero-order valence-corrected chi connectivity index (χ0v) is 12.2. The first-order valence-corrected chi connectivity index (χ1v) is 6.66. The van der Waals surface area contributed by atoms with Gasteiger partial charge in [0.05, 0.1) is 6.61 Å². The second kappa shape index (κ2) is 7.74. The third-order valence-corrected chi connectivity index (χ3v) is 3.39. The second-order valence-corrected chi connectivity index (χ2v) is 5.09. The van der Waals surface area contributed by atoms with Gasteiger partial charge in [-0.3, -0.25) is 4.90 Å². The summed E-state index contributed by atoms with van der Waals surface area (Å²) >= 11 is 6.28. The summed E-state index contributed by atoms with van der Waals surface area (Å²) in [5, 5.41) is 0.793. The van der Waals surface area contributed by atoms with Gasteiger partial charge in [0.2, 0.25) is 0 Å². The third kappa shape index (κ3) is 4.58. The molecule has 0 aromatic heterocycles. The lowest BCUT2D eigenvalue weighted by molar-refractivity contribution is 0.125. The van der Waals surface area contributed by atoms with Crippen LogP contribution in [0.1, 0.15) is 25.0 Å². The van der Waals surface area contributed by atoms with Gasteiger partial charge in [-0.15, -0.1) is 0 Å². The van der Waals surface area contributed by atoms with Crippen LogP contribution in [0.15, 0.2) is 18.2 Å². The summed E-state index contributed by atoms with van der Waals surface area (Å²) in [6.07, 6.45) is 0. The quantitative estimate of drug-likeness (QED) is 0.828. The van der Waals surface area contributed by atoms with Gasteiger partial charge in [-0.05, 0) is 31.0 Å². The van der Waals surface area contributed by atoms with E-state index in [-0.39, 0.29) is 0 Å². The van der Waals surface area contributed by atoms with Crippen LogP contribution in [0.5, 0.6) is 0 Å². The van der Waals surface area contributed by atoms with E-state index in [1.807, 2.05) is 12.1 Å². The van der Waals surface area contributed by atoms with Crippen molar-refractivity contribution in [3.8, 4) is 0 Å². The van der Waals surface area contributed by atoms with Gasteiger partial charge in [-0.2, -0.15) is 0 Å². The minimum absolute atomic E-state index is 0.463. The van der Waals surface area contributed by atoms with Crippen LogP contribution in [-0.2, 0) is 17.8 Å². The van der Waals surface area contributed by atoms with Crippen molar-refractivity contribution in [3.63, 3.8) is 0 Å². The SMILES string of the molecule is COCCN(Cc1ccc(CN)cc1Cl)C(C)C. The fourth-order valence-corrected chi connectivity index (χ4v) is 2.06. The molecule has 0 atom stereocenters. The van der Waals surface area contributed by atoms with Crippen LogP contribution in [-0.4, -0.2) is 31.2 Å². The van der Waals surface area contributed by atoms with Gasteiger partial charge >= 0.3 is 0 Å². The third-order valence-electron chi connectivity index (χ3n) is 3.04. The monoisotopic (exact) mass is 270 g/mol. The summed E-state index contributed by atoms with van der Waals surface area (Å²) in [5.41, 5.74) is 7.80. The van der Waals surface area contributed by atoms with Crippen LogP contribution in [0, 0.1) is 0 Å². The lowest BCUT2D eigenvalue weighted by atomic mass is 10.1. The van der Waals surface area contributed by atoms with E-state index in [0.717, 1.165) is 35.8 Å². The van der Waals surface area contributed by atoms with Gasteiger partial charge in [0.25, 0.3) is 0 Å². The minimum Gasteiger partial charge on any atom is -0.383 e. The number of ether oxygens (including phenoxy) is 1. The average molecular weight is 271 g/mol. The molecule has 4 heteroatoms. The molecular weight excluding hydrogens is 248 g/mol. The zero-order valence-electron chi connectivity index (χ0n) is 11.4. The second-order valence-electron chi connectivity index (χ2n) is 4.69. The Morgan fingerprint density at radius 2 is 2.11 bits per heavy atom. The Labute approximate surface area is 115 Å². The number of hydrogen-bond acceptors (Lipinski definition) is 3. The summed E-state index contributed by atoms with van der Waals surface area (Å²) in [7, 11) is 1.72. The molecule has 102 valence electrons. The lowest BCUT2D eigenvalue weighted by Gasteiger charge is -2.26. The molecule has 0 saturated carbocycles. The van der Waals surface area contributed by atoms with Gasteiger partial charge in [0.1, 0.15) is 0 Å². The zero-order chi connectivity index (χ0) is 13.5. The number of rotatable bonds is 7. The van der Waals surface area contributed by atoms with Crippen LogP contribution in [0.3, 0.4) is 0 Å². The summed E-state index contributed by atoms with van der Waals surface area (Å²) in [6.45, 7) is 7.36. The van der Waals surface area contributed by atoms with Crippen molar-refractivity contribution in [2.45, 2.75) is 33.0 Å². The van der Waals surface area contributed by atoms with Gasteiger partial charge in [0.15, 0.2) is 0 Å². The van der Waals surface area contributed by atoms with Crippen molar-refractivity contribution in [3.05, 3.63) is 34.3 Å². The van der Waals surface area contributed by atoms with E-state index in [0.29, 0.717) is 12.6 Å². The highest BCUT2D eigenvalue weighted by Gasteiger charge is 2.12. The number of benzene rings is 1. The molecule has 1 aromatic rings. The summed E-state index contributed by atoms with van der Waals surface area (Å²) in [4.78, 5) is 2.34. The average Bonchev–Trinajstić information content (AvgIpc) is 2.35. The molecule has 1 rings (SSSR count). The number of methoxy groups -OCH3 is 1. The van der Waals surface area contributed by atoms with Crippen LogP contribution in [0.2, 0.25) is 5.02 Å². The number of halogens is 1. The fraction of sp³-hybridized carbons (Fsp3) is 0.571. The number of nitrogens with two attached hydrogens (primary N) is 1. The van der Waals surface area contributed by atoms with E-state index >= 15 is 0 Å². The molecule has 0 fully saturated rings. The first-order chi connectivity index (χ1) is 8.58. The van der Waals surface area contributed by atoms with E-state index in [1.165, 1.54) is 0 Å². The minimum atomic E-state index is 0.463. The van der Waals surface area contributed by atoms with Crippen molar-refractivity contribution in [2.75, 3.05) is 20.3 Å². The van der Waals surface area contributed by atoms with E-state index in [4.69, 9.17) is 22.1 Å².